The summed E-state index contributed by atoms with van der Waals surface area (Å²) in [5, 5.41) is 0. The van der Waals surface area contributed by atoms with E-state index in [1.807, 2.05) is 12.1 Å². The van der Waals surface area contributed by atoms with Gasteiger partial charge in [-0.1, -0.05) is 60.7 Å². The maximum absolute atomic E-state index is 12.0. The van der Waals surface area contributed by atoms with Gasteiger partial charge >= 0.3 is 0 Å². The van der Waals surface area contributed by atoms with E-state index in [0.717, 1.165) is 19.3 Å². The lowest BCUT2D eigenvalue weighted by Gasteiger charge is -2.37. The predicted octanol–water partition coefficient (Wildman–Crippen LogP) is 4.12. The summed E-state index contributed by atoms with van der Waals surface area (Å²) in [6.07, 6.45) is 3.43. The van der Waals surface area contributed by atoms with Crippen molar-refractivity contribution in [2.75, 3.05) is 0 Å². The Labute approximate surface area is 114 Å². The number of ketones is 1. The second-order valence-corrected chi connectivity index (χ2v) is 5.38. The molecule has 0 spiro atoms. The zero-order valence-corrected chi connectivity index (χ0v) is 11.0. The van der Waals surface area contributed by atoms with Gasteiger partial charge in [0, 0.05) is 18.3 Å². The van der Waals surface area contributed by atoms with Crippen LogP contribution in [0.5, 0.6) is 0 Å². The van der Waals surface area contributed by atoms with E-state index in [-0.39, 0.29) is 5.41 Å². The van der Waals surface area contributed by atoms with Gasteiger partial charge in [0.1, 0.15) is 5.78 Å². The summed E-state index contributed by atoms with van der Waals surface area (Å²) in [5.41, 5.74) is 2.43. The maximum Gasteiger partial charge on any atom is 0.134 e. The third-order valence-corrected chi connectivity index (χ3v) is 4.21. The lowest BCUT2D eigenvalue weighted by atomic mass is 9.65. The first-order chi connectivity index (χ1) is 9.31. The first-order valence-electron chi connectivity index (χ1n) is 6.94. The van der Waals surface area contributed by atoms with Crippen LogP contribution in [-0.4, -0.2) is 5.78 Å². The van der Waals surface area contributed by atoms with Gasteiger partial charge in [-0.15, -0.1) is 0 Å². The van der Waals surface area contributed by atoms with Crippen molar-refractivity contribution >= 4 is 5.78 Å². The summed E-state index contributed by atoms with van der Waals surface area (Å²) in [7, 11) is 0. The molecule has 1 aliphatic rings. The molecule has 0 aliphatic heterocycles. The number of Topliss-reactive ketones (excluding diaryl/α,β-unsaturated/α-hetero) is 1. The fraction of sp³-hybridized carbons (Fsp3) is 0.278. The van der Waals surface area contributed by atoms with E-state index in [1.165, 1.54) is 11.1 Å². The van der Waals surface area contributed by atoms with Crippen LogP contribution in [0.4, 0.5) is 0 Å². The number of benzene rings is 2. The van der Waals surface area contributed by atoms with E-state index in [4.69, 9.17) is 0 Å². The summed E-state index contributed by atoms with van der Waals surface area (Å²) in [5.74, 6) is 0.388. The highest BCUT2D eigenvalue weighted by Crippen LogP contribution is 2.43. The molecule has 0 aromatic heterocycles. The molecule has 1 heteroatoms. The molecule has 0 N–H and O–H groups in total. The lowest BCUT2D eigenvalue weighted by molar-refractivity contribution is -0.121. The van der Waals surface area contributed by atoms with Crippen LogP contribution < -0.4 is 0 Å². The summed E-state index contributed by atoms with van der Waals surface area (Å²) >= 11 is 0. The van der Waals surface area contributed by atoms with Crippen molar-refractivity contribution < 1.29 is 4.79 Å². The third-order valence-electron chi connectivity index (χ3n) is 4.21. The molecule has 0 heterocycles. The Morgan fingerprint density at radius 1 is 0.789 bits per heavy atom. The van der Waals surface area contributed by atoms with Gasteiger partial charge < -0.3 is 0 Å². The Balaban J connectivity index is 2.13. The van der Waals surface area contributed by atoms with Crippen LogP contribution in [-0.2, 0) is 10.2 Å². The maximum atomic E-state index is 12.0. The average Bonchev–Trinajstić information content (AvgIpc) is 2.49. The van der Waals surface area contributed by atoms with E-state index in [1.54, 1.807) is 0 Å². The zero-order valence-electron chi connectivity index (χ0n) is 11.0. The Bertz CT molecular complexity index is 517. The largest absolute Gasteiger partial charge is 0.300 e. The van der Waals surface area contributed by atoms with Gasteiger partial charge in [-0.2, -0.15) is 0 Å². The molecule has 0 radical (unpaired) electrons. The molecule has 2 aromatic carbocycles. The van der Waals surface area contributed by atoms with Gasteiger partial charge in [-0.3, -0.25) is 4.79 Å². The van der Waals surface area contributed by atoms with E-state index >= 15 is 0 Å². The molecular weight excluding hydrogens is 232 g/mol. The molecular formula is C18H18O. The van der Waals surface area contributed by atoms with Crippen LogP contribution in [0.25, 0.3) is 0 Å². The minimum atomic E-state index is -0.113. The quantitative estimate of drug-likeness (QED) is 0.783. The SMILES string of the molecule is O=C1CCCC(c2ccccc2)(c2ccccc2)C1. The smallest absolute Gasteiger partial charge is 0.134 e. The highest BCUT2D eigenvalue weighted by atomic mass is 16.1. The molecule has 1 saturated carbocycles. The topological polar surface area (TPSA) is 17.1 Å². The molecule has 1 fully saturated rings. The molecule has 0 atom stereocenters. The Morgan fingerprint density at radius 2 is 1.32 bits per heavy atom. The van der Waals surface area contributed by atoms with Crippen LogP contribution >= 0.6 is 0 Å². The molecule has 1 aliphatic carbocycles. The number of carbonyl (C=O) groups is 1. The molecule has 0 amide bonds. The standard InChI is InChI=1S/C18H18O/c19-17-12-7-13-18(14-17,15-8-3-1-4-9-15)16-10-5-2-6-11-16/h1-6,8-11H,7,12-14H2. The highest BCUT2D eigenvalue weighted by Gasteiger charge is 2.38. The summed E-state index contributed by atoms with van der Waals surface area (Å²) < 4.78 is 0. The van der Waals surface area contributed by atoms with E-state index < -0.39 is 0 Å². The monoisotopic (exact) mass is 250 g/mol. The molecule has 0 unspecified atom stereocenters. The van der Waals surface area contributed by atoms with Crippen molar-refractivity contribution in [3.05, 3.63) is 71.8 Å². The van der Waals surface area contributed by atoms with Crippen molar-refractivity contribution in [2.24, 2.45) is 0 Å². The average molecular weight is 250 g/mol. The molecule has 0 bridgehead atoms. The minimum Gasteiger partial charge on any atom is -0.300 e. The number of carbonyl (C=O) groups excluding carboxylic acids is 1. The first kappa shape index (κ1) is 12.2. The van der Waals surface area contributed by atoms with Crippen molar-refractivity contribution in [2.45, 2.75) is 31.1 Å². The summed E-state index contributed by atoms with van der Waals surface area (Å²) in [4.78, 5) is 12.0. The second-order valence-electron chi connectivity index (χ2n) is 5.38. The van der Waals surface area contributed by atoms with Gasteiger partial charge in [0.05, 0.1) is 0 Å². The van der Waals surface area contributed by atoms with Crippen molar-refractivity contribution in [1.82, 2.24) is 0 Å². The number of hydrogen-bond donors (Lipinski definition) is 0. The zero-order chi connectivity index (χ0) is 13.1. The fourth-order valence-electron chi connectivity index (χ4n) is 3.27. The van der Waals surface area contributed by atoms with E-state index in [2.05, 4.69) is 48.5 Å². The van der Waals surface area contributed by atoms with Crippen LogP contribution in [0.2, 0.25) is 0 Å². The normalized spacial score (nSPS) is 18.2. The van der Waals surface area contributed by atoms with Crippen molar-refractivity contribution in [3.8, 4) is 0 Å². The molecule has 1 nitrogen and oxygen atoms in total. The Kier molecular flexibility index (Phi) is 3.20. The number of hydrogen-bond acceptors (Lipinski definition) is 1. The molecule has 2 aromatic rings. The molecule has 0 saturated heterocycles. The van der Waals surface area contributed by atoms with Crippen LogP contribution in [0.1, 0.15) is 36.8 Å². The van der Waals surface area contributed by atoms with Crippen LogP contribution in [0.15, 0.2) is 60.7 Å². The third kappa shape index (κ3) is 2.21. The first-order valence-corrected chi connectivity index (χ1v) is 6.94. The van der Waals surface area contributed by atoms with Crippen LogP contribution in [0, 0.1) is 0 Å². The molecule has 3 rings (SSSR count). The van der Waals surface area contributed by atoms with Crippen molar-refractivity contribution in [3.63, 3.8) is 0 Å². The lowest BCUT2D eigenvalue weighted by Crippen LogP contribution is -2.34. The van der Waals surface area contributed by atoms with Crippen molar-refractivity contribution in [1.29, 1.82) is 0 Å². The van der Waals surface area contributed by atoms with Gasteiger partial charge in [0.25, 0.3) is 0 Å². The van der Waals surface area contributed by atoms with Crippen LogP contribution in [0.3, 0.4) is 0 Å². The summed E-state index contributed by atoms with van der Waals surface area (Å²) in [6.45, 7) is 0. The Morgan fingerprint density at radius 3 is 1.79 bits per heavy atom. The van der Waals surface area contributed by atoms with E-state index in [9.17, 15) is 4.79 Å². The molecule has 96 valence electrons. The molecule has 19 heavy (non-hydrogen) atoms. The van der Waals surface area contributed by atoms with Gasteiger partial charge in [0.15, 0.2) is 0 Å². The van der Waals surface area contributed by atoms with Gasteiger partial charge in [-0.25, -0.2) is 0 Å². The van der Waals surface area contributed by atoms with Gasteiger partial charge in [0.2, 0.25) is 0 Å². The Hall–Kier alpha value is -1.89. The van der Waals surface area contributed by atoms with E-state index in [0.29, 0.717) is 12.2 Å². The number of rotatable bonds is 2. The fourth-order valence-corrected chi connectivity index (χ4v) is 3.27. The highest BCUT2D eigenvalue weighted by molar-refractivity contribution is 5.82. The predicted molar refractivity (Wildman–Crippen MR) is 77.1 cm³/mol. The minimum absolute atomic E-state index is 0.113. The summed E-state index contributed by atoms with van der Waals surface area (Å²) in [6, 6.07) is 21.0. The second kappa shape index (κ2) is 5.00. The van der Waals surface area contributed by atoms with Gasteiger partial charge in [-0.05, 0) is 24.0 Å².